The van der Waals surface area contributed by atoms with E-state index in [-0.39, 0.29) is 18.0 Å². The molecule has 0 atom stereocenters. The number of benzene rings is 1. The summed E-state index contributed by atoms with van der Waals surface area (Å²) in [5, 5.41) is 9.81. The van der Waals surface area contributed by atoms with E-state index in [2.05, 4.69) is 16.0 Å². The highest BCUT2D eigenvalue weighted by atomic mass is 35.5. The number of hydrogen-bond donors (Lipinski definition) is 4. The standard InChI is InChI=1S/C20H28Cl2N4O2/c21-16-7-4-8-17(19(16)22)25-18(27)13-26-11-9-15(10-12-26)24-20(28)23-14-5-2-1-3-6-14/h4,7-8,14-15H,1-3,5-6,9-13H2,(H,25,27)(H2,23,24,28)/p+1. The summed E-state index contributed by atoms with van der Waals surface area (Å²) in [6, 6.07) is 5.63. The third kappa shape index (κ3) is 6.26. The molecule has 154 valence electrons. The lowest BCUT2D eigenvalue weighted by Gasteiger charge is -2.30. The van der Waals surface area contributed by atoms with Crippen molar-refractivity contribution < 1.29 is 14.5 Å². The fourth-order valence-electron chi connectivity index (χ4n) is 4.03. The maximum absolute atomic E-state index is 12.3. The van der Waals surface area contributed by atoms with Crippen LogP contribution in [0.3, 0.4) is 0 Å². The molecule has 8 heteroatoms. The average molecular weight is 428 g/mol. The third-order valence-corrected chi connectivity index (χ3v) is 6.42. The molecular formula is C20H29Cl2N4O2+. The molecule has 0 bridgehead atoms. The van der Waals surface area contributed by atoms with Crippen molar-refractivity contribution in [1.82, 2.24) is 10.6 Å². The predicted molar refractivity (Wildman–Crippen MR) is 112 cm³/mol. The summed E-state index contributed by atoms with van der Waals surface area (Å²) in [5.41, 5.74) is 0.537. The topological polar surface area (TPSA) is 74.7 Å². The van der Waals surface area contributed by atoms with E-state index in [0.717, 1.165) is 38.8 Å². The van der Waals surface area contributed by atoms with Crippen molar-refractivity contribution in [3.63, 3.8) is 0 Å². The molecule has 1 aromatic carbocycles. The number of likely N-dealkylation sites (tertiary alicyclic amines) is 1. The van der Waals surface area contributed by atoms with Gasteiger partial charge in [0.25, 0.3) is 5.91 Å². The van der Waals surface area contributed by atoms with Crippen LogP contribution in [0.5, 0.6) is 0 Å². The number of urea groups is 1. The Morgan fingerprint density at radius 2 is 1.61 bits per heavy atom. The van der Waals surface area contributed by atoms with Gasteiger partial charge in [-0.05, 0) is 25.0 Å². The predicted octanol–water partition coefficient (Wildman–Crippen LogP) is 2.61. The number of nitrogens with one attached hydrogen (secondary N) is 4. The third-order valence-electron chi connectivity index (χ3n) is 5.60. The molecule has 0 unspecified atom stereocenters. The van der Waals surface area contributed by atoms with E-state index in [1.807, 2.05) is 0 Å². The number of carbonyl (C=O) groups is 2. The first kappa shape index (κ1) is 21.2. The quantitative estimate of drug-likeness (QED) is 0.582. The normalized spacial score (nSPS) is 23.1. The molecular weight excluding hydrogens is 399 g/mol. The molecule has 4 N–H and O–H groups in total. The number of carbonyl (C=O) groups excluding carboxylic acids is 2. The van der Waals surface area contributed by atoms with Gasteiger partial charge in [0.2, 0.25) is 0 Å². The lowest BCUT2D eigenvalue weighted by Crippen LogP contribution is -3.14. The molecule has 2 aliphatic rings. The number of piperidine rings is 1. The number of anilines is 1. The Morgan fingerprint density at radius 1 is 0.964 bits per heavy atom. The molecule has 28 heavy (non-hydrogen) atoms. The Hall–Kier alpha value is -1.50. The molecule has 1 saturated carbocycles. The molecule has 1 aromatic rings. The summed E-state index contributed by atoms with van der Waals surface area (Å²) in [5.74, 6) is -0.0828. The lowest BCUT2D eigenvalue weighted by atomic mass is 9.96. The van der Waals surface area contributed by atoms with Crippen LogP contribution in [0.1, 0.15) is 44.9 Å². The lowest BCUT2D eigenvalue weighted by molar-refractivity contribution is -0.897. The molecule has 0 spiro atoms. The monoisotopic (exact) mass is 427 g/mol. The molecule has 1 aliphatic heterocycles. The first-order valence-corrected chi connectivity index (χ1v) is 10.9. The summed E-state index contributed by atoms with van der Waals surface area (Å²) < 4.78 is 0. The second-order valence-corrected chi connectivity index (χ2v) is 8.59. The van der Waals surface area contributed by atoms with Gasteiger partial charge < -0.3 is 20.9 Å². The van der Waals surface area contributed by atoms with Gasteiger partial charge in [0.1, 0.15) is 0 Å². The Balaban J connectivity index is 1.37. The maximum atomic E-state index is 12.3. The van der Waals surface area contributed by atoms with Crippen LogP contribution in [0.15, 0.2) is 18.2 Å². The first-order chi connectivity index (χ1) is 13.5. The molecule has 0 aromatic heterocycles. The number of rotatable bonds is 5. The van der Waals surface area contributed by atoms with E-state index < -0.39 is 0 Å². The van der Waals surface area contributed by atoms with Crippen molar-refractivity contribution in [2.75, 3.05) is 25.0 Å². The van der Waals surface area contributed by atoms with Crippen molar-refractivity contribution >= 4 is 40.8 Å². The second-order valence-electron chi connectivity index (χ2n) is 7.80. The summed E-state index contributed by atoms with van der Waals surface area (Å²) >= 11 is 12.1. The fourth-order valence-corrected chi connectivity index (χ4v) is 4.38. The van der Waals surface area contributed by atoms with Gasteiger partial charge >= 0.3 is 6.03 Å². The van der Waals surface area contributed by atoms with E-state index in [1.165, 1.54) is 24.2 Å². The summed E-state index contributed by atoms with van der Waals surface area (Å²) in [6.07, 6.45) is 7.60. The highest BCUT2D eigenvalue weighted by Crippen LogP contribution is 2.29. The van der Waals surface area contributed by atoms with E-state index in [1.54, 1.807) is 18.2 Å². The van der Waals surface area contributed by atoms with Crippen LogP contribution in [0.2, 0.25) is 10.0 Å². The molecule has 1 heterocycles. The van der Waals surface area contributed by atoms with Crippen LogP contribution in [0, 0.1) is 0 Å². The number of hydrogen-bond acceptors (Lipinski definition) is 2. The smallest absolute Gasteiger partial charge is 0.315 e. The highest BCUT2D eigenvalue weighted by molar-refractivity contribution is 6.43. The van der Waals surface area contributed by atoms with Crippen LogP contribution in [-0.4, -0.2) is 43.7 Å². The van der Waals surface area contributed by atoms with Gasteiger partial charge in [-0.25, -0.2) is 4.79 Å². The maximum Gasteiger partial charge on any atom is 0.315 e. The minimum atomic E-state index is -0.0828. The minimum Gasteiger partial charge on any atom is -0.335 e. The van der Waals surface area contributed by atoms with Gasteiger partial charge in [0.15, 0.2) is 6.54 Å². The van der Waals surface area contributed by atoms with E-state index in [0.29, 0.717) is 28.3 Å². The van der Waals surface area contributed by atoms with Gasteiger partial charge in [-0.3, -0.25) is 4.79 Å². The number of halogens is 2. The summed E-state index contributed by atoms with van der Waals surface area (Å²) in [4.78, 5) is 25.7. The van der Waals surface area contributed by atoms with Crippen LogP contribution in [0.25, 0.3) is 0 Å². The SMILES string of the molecule is O=C(C[NH+]1CCC(NC(=O)NC2CCCCC2)CC1)Nc1cccc(Cl)c1Cl. The van der Waals surface area contributed by atoms with Crippen LogP contribution >= 0.6 is 23.2 Å². The second kappa shape index (κ2) is 10.3. The Kier molecular flexibility index (Phi) is 7.82. The largest absolute Gasteiger partial charge is 0.335 e. The zero-order valence-corrected chi connectivity index (χ0v) is 17.5. The zero-order valence-electron chi connectivity index (χ0n) is 16.0. The van der Waals surface area contributed by atoms with Crippen molar-refractivity contribution in [1.29, 1.82) is 0 Å². The van der Waals surface area contributed by atoms with Crippen LogP contribution in [-0.2, 0) is 4.79 Å². The van der Waals surface area contributed by atoms with Crippen molar-refractivity contribution in [3.8, 4) is 0 Å². The Morgan fingerprint density at radius 3 is 2.29 bits per heavy atom. The van der Waals surface area contributed by atoms with Crippen molar-refractivity contribution in [2.24, 2.45) is 0 Å². The molecule has 6 nitrogen and oxygen atoms in total. The molecule has 1 aliphatic carbocycles. The average Bonchev–Trinajstić information content (AvgIpc) is 2.68. The van der Waals surface area contributed by atoms with Gasteiger partial charge in [0, 0.05) is 24.9 Å². The van der Waals surface area contributed by atoms with Crippen LogP contribution in [0.4, 0.5) is 10.5 Å². The minimum absolute atomic E-state index is 0.0475. The molecule has 3 rings (SSSR count). The molecule has 2 fully saturated rings. The molecule has 0 radical (unpaired) electrons. The first-order valence-electron chi connectivity index (χ1n) is 10.2. The number of quaternary nitrogens is 1. The van der Waals surface area contributed by atoms with E-state index >= 15 is 0 Å². The van der Waals surface area contributed by atoms with Crippen LogP contribution < -0.4 is 20.9 Å². The fraction of sp³-hybridized carbons (Fsp3) is 0.600. The molecule has 1 saturated heterocycles. The van der Waals surface area contributed by atoms with Gasteiger partial charge in [-0.2, -0.15) is 0 Å². The van der Waals surface area contributed by atoms with E-state index in [9.17, 15) is 9.59 Å². The number of amides is 3. The Labute approximate surface area is 176 Å². The molecule has 3 amide bonds. The van der Waals surface area contributed by atoms with Gasteiger partial charge in [-0.1, -0.05) is 48.5 Å². The zero-order chi connectivity index (χ0) is 19.9. The van der Waals surface area contributed by atoms with E-state index in [4.69, 9.17) is 23.2 Å². The summed E-state index contributed by atoms with van der Waals surface area (Å²) in [6.45, 7) is 2.08. The highest BCUT2D eigenvalue weighted by Gasteiger charge is 2.26. The van der Waals surface area contributed by atoms with Crippen molar-refractivity contribution in [3.05, 3.63) is 28.2 Å². The summed E-state index contributed by atoms with van der Waals surface area (Å²) in [7, 11) is 0. The Bertz CT molecular complexity index is 687. The van der Waals surface area contributed by atoms with Gasteiger partial charge in [0.05, 0.1) is 28.8 Å². The van der Waals surface area contributed by atoms with Gasteiger partial charge in [-0.15, -0.1) is 0 Å². The van der Waals surface area contributed by atoms with Crippen molar-refractivity contribution in [2.45, 2.75) is 57.0 Å².